The molecule has 9 nitrogen and oxygen atoms in total. The third-order valence-corrected chi connectivity index (χ3v) is 4.36. The number of rotatable bonds is 3. The van der Waals surface area contributed by atoms with Crippen LogP contribution in [0.25, 0.3) is 0 Å². The molecule has 1 amide bonds. The van der Waals surface area contributed by atoms with Gasteiger partial charge in [0, 0.05) is 26.2 Å². The van der Waals surface area contributed by atoms with Gasteiger partial charge in [0.2, 0.25) is 0 Å². The van der Waals surface area contributed by atoms with Crippen LogP contribution in [0.4, 0.5) is 17.3 Å². The van der Waals surface area contributed by atoms with Crippen LogP contribution in [0.2, 0.25) is 0 Å². The lowest BCUT2D eigenvalue weighted by molar-refractivity contribution is 0.102. The van der Waals surface area contributed by atoms with Crippen LogP contribution >= 0.6 is 15.9 Å². The number of nitrogens with zero attached hydrogens (tertiary/aromatic N) is 5. The van der Waals surface area contributed by atoms with Gasteiger partial charge in [0.05, 0.1) is 12.4 Å². The molecule has 10 heteroatoms. The van der Waals surface area contributed by atoms with Crippen LogP contribution in [0, 0.1) is 0 Å². The van der Waals surface area contributed by atoms with Crippen molar-refractivity contribution in [1.82, 2.24) is 19.7 Å². The number of halogens is 1. The van der Waals surface area contributed by atoms with E-state index in [1.54, 1.807) is 10.9 Å². The van der Waals surface area contributed by atoms with E-state index in [1.165, 1.54) is 6.20 Å². The molecular weight excluding hydrogens is 376 g/mol. The van der Waals surface area contributed by atoms with E-state index in [-0.39, 0.29) is 17.6 Å². The van der Waals surface area contributed by atoms with Gasteiger partial charge >= 0.3 is 0 Å². The highest BCUT2D eigenvalue weighted by molar-refractivity contribution is 9.10. The van der Waals surface area contributed by atoms with Gasteiger partial charge < -0.3 is 21.7 Å². The molecule has 2 aromatic rings. The second-order valence-corrected chi connectivity index (χ2v) is 6.52. The molecule has 0 unspecified atom stereocenters. The summed E-state index contributed by atoms with van der Waals surface area (Å²) in [6.45, 7) is 1.64. The Hall–Kier alpha value is -2.20. The van der Waals surface area contributed by atoms with Gasteiger partial charge in [-0.05, 0) is 28.8 Å². The fourth-order valence-electron chi connectivity index (χ4n) is 2.73. The van der Waals surface area contributed by atoms with Gasteiger partial charge in [-0.25, -0.2) is 9.97 Å². The standard InChI is InChI=1S/C14H19BrN8O/c1-22-14(23-4-2-8(16)3-5-23)9(6-19-22)20-13(24)11-12(17)18-7-10(15)21-11/h6-8H,2-5,16H2,1H3,(H2,17,18)(H,20,24). The minimum absolute atomic E-state index is 0.0693. The van der Waals surface area contributed by atoms with Crippen LogP contribution in [0.5, 0.6) is 0 Å². The molecule has 0 atom stereocenters. The predicted octanol–water partition coefficient (Wildman–Crippen LogP) is 0.735. The molecule has 0 spiro atoms. The summed E-state index contributed by atoms with van der Waals surface area (Å²) >= 11 is 3.19. The van der Waals surface area contributed by atoms with Crippen molar-refractivity contribution < 1.29 is 4.79 Å². The monoisotopic (exact) mass is 394 g/mol. The molecule has 3 heterocycles. The van der Waals surface area contributed by atoms with Crippen LogP contribution in [0.3, 0.4) is 0 Å². The number of piperidine rings is 1. The van der Waals surface area contributed by atoms with Gasteiger partial charge in [-0.2, -0.15) is 5.10 Å². The number of amides is 1. The highest BCUT2D eigenvalue weighted by atomic mass is 79.9. The zero-order valence-corrected chi connectivity index (χ0v) is 14.8. The van der Waals surface area contributed by atoms with E-state index in [9.17, 15) is 4.79 Å². The Morgan fingerprint density at radius 1 is 1.38 bits per heavy atom. The first kappa shape index (κ1) is 16.7. The molecule has 0 aliphatic carbocycles. The minimum atomic E-state index is -0.427. The Morgan fingerprint density at radius 2 is 2.08 bits per heavy atom. The molecule has 2 aromatic heterocycles. The summed E-state index contributed by atoms with van der Waals surface area (Å²) < 4.78 is 2.18. The Kier molecular flexibility index (Phi) is 4.67. The van der Waals surface area contributed by atoms with Crippen LogP contribution in [0.15, 0.2) is 17.0 Å². The fourth-order valence-corrected chi connectivity index (χ4v) is 3.01. The summed E-state index contributed by atoms with van der Waals surface area (Å²) in [4.78, 5) is 22.7. The topological polar surface area (TPSA) is 128 Å². The molecule has 1 saturated heterocycles. The number of carbonyl (C=O) groups excluding carboxylic acids is 1. The smallest absolute Gasteiger partial charge is 0.278 e. The number of carbonyl (C=O) groups is 1. The number of nitrogens with two attached hydrogens (primary N) is 2. The second-order valence-electron chi connectivity index (χ2n) is 5.71. The van der Waals surface area contributed by atoms with Crippen LogP contribution < -0.4 is 21.7 Å². The highest BCUT2D eigenvalue weighted by Gasteiger charge is 2.23. The zero-order chi connectivity index (χ0) is 17.3. The van der Waals surface area contributed by atoms with E-state index in [4.69, 9.17) is 11.5 Å². The first-order valence-corrected chi connectivity index (χ1v) is 8.37. The summed E-state index contributed by atoms with van der Waals surface area (Å²) in [6, 6.07) is 0.226. The molecule has 0 bridgehead atoms. The zero-order valence-electron chi connectivity index (χ0n) is 13.2. The molecule has 128 valence electrons. The maximum absolute atomic E-state index is 12.5. The Labute approximate surface area is 147 Å². The molecular formula is C14H19BrN8O. The lowest BCUT2D eigenvalue weighted by atomic mass is 10.1. The van der Waals surface area contributed by atoms with Crippen molar-refractivity contribution >= 4 is 39.2 Å². The van der Waals surface area contributed by atoms with Crippen molar-refractivity contribution in [1.29, 1.82) is 0 Å². The maximum atomic E-state index is 12.5. The summed E-state index contributed by atoms with van der Waals surface area (Å²) in [7, 11) is 1.84. The van der Waals surface area contributed by atoms with Gasteiger partial charge in [0.1, 0.15) is 10.3 Å². The number of aromatic nitrogens is 4. The SMILES string of the molecule is Cn1ncc(NC(=O)c2nc(Br)cnc2N)c1N1CCC(N)CC1. The van der Waals surface area contributed by atoms with Gasteiger partial charge in [0.15, 0.2) is 17.3 Å². The number of anilines is 3. The van der Waals surface area contributed by atoms with Crippen molar-refractivity contribution in [3.05, 3.63) is 22.7 Å². The number of hydrogen-bond donors (Lipinski definition) is 3. The van der Waals surface area contributed by atoms with Gasteiger partial charge in [-0.1, -0.05) is 0 Å². The number of aryl methyl sites for hydroxylation is 1. The molecule has 1 fully saturated rings. The van der Waals surface area contributed by atoms with E-state index < -0.39 is 5.91 Å². The van der Waals surface area contributed by atoms with Crippen molar-refractivity contribution in [2.75, 3.05) is 29.0 Å². The van der Waals surface area contributed by atoms with Gasteiger partial charge in [-0.15, -0.1) is 0 Å². The third kappa shape index (κ3) is 3.34. The van der Waals surface area contributed by atoms with E-state index in [0.717, 1.165) is 31.7 Å². The molecule has 0 aromatic carbocycles. The molecule has 3 rings (SSSR count). The Morgan fingerprint density at radius 3 is 2.79 bits per heavy atom. The highest BCUT2D eigenvalue weighted by Crippen LogP contribution is 2.28. The Balaban J connectivity index is 1.83. The van der Waals surface area contributed by atoms with Crippen LogP contribution in [0.1, 0.15) is 23.3 Å². The molecule has 5 N–H and O–H groups in total. The third-order valence-electron chi connectivity index (χ3n) is 3.98. The van der Waals surface area contributed by atoms with Crippen LogP contribution in [-0.2, 0) is 7.05 Å². The van der Waals surface area contributed by atoms with Gasteiger partial charge in [-0.3, -0.25) is 9.48 Å². The summed E-state index contributed by atoms with van der Waals surface area (Å²) in [5.74, 6) is 0.492. The lowest BCUT2D eigenvalue weighted by Gasteiger charge is -2.32. The number of hydrogen-bond acceptors (Lipinski definition) is 7. The van der Waals surface area contributed by atoms with Gasteiger partial charge in [0.25, 0.3) is 5.91 Å². The number of nitrogen functional groups attached to an aromatic ring is 1. The molecule has 0 saturated carbocycles. The van der Waals surface area contributed by atoms with Crippen molar-refractivity contribution in [3.8, 4) is 0 Å². The Bertz CT molecular complexity index is 753. The van der Waals surface area contributed by atoms with Crippen molar-refractivity contribution in [2.45, 2.75) is 18.9 Å². The second kappa shape index (κ2) is 6.73. The quantitative estimate of drug-likeness (QED) is 0.699. The molecule has 24 heavy (non-hydrogen) atoms. The molecule has 1 aliphatic heterocycles. The predicted molar refractivity (Wildman–Crippen MR) is 94.7 cm³/mol. The normalized spacial score (nSPS) is 15.5. The van der Waals surface area contributed by atoms with E-state index in [1.807, 2.05) is 7.05 Å². The summed E-state index contributed by atoms with van der Waals surface area (Å²) in [5, 5.41) is 7.08. The molecule has 1 aliphatic rings. The first-order valence-electron chi connectivity index (χ1n) is 7.57. The summed E-state index contributed by atoms with van der Waals surface area (Å²) in [6.07, 6.45) is 4.87. The van der Waals surface area contributed by atoms with E-state index in [0.29, 0.717) is 10.3 Å². The van der Waals surface area contributed by atoms with E-state index in [2.05, 4.69) is 41.2 Å². The van der Waals surface area contributed by atoms with E-state index >= 15 is 0 Å². The molecule has 0 radical (unpaired) electrons. The average Bonchev–Trinajstić information content (AvgIpc) is 2.91. The van der Waals surface area contributed by atoms with Crippen molar-refractivity contribution in [3.63, 3.8) is 0 Å². The largest absolute Gasteiger partial charge is 0.382 e. The lowest BCUT2D eigenvalue weighted by Crippen LogP contribution is -2.40. The fraction of sp³-hybridized carbons (Fsp3) is 0.429. The summed E-state index contributed by atoms with van der Waals surface area (Å²) in [5.41, 5.74) is 12.4. The van der Waals surface area contributed by atoms with Crippen LogP contribution in [-0.4, -0.2) is 44.8 Å². The first-order chi connectivity index (χ1) is 11.5. The maximum Gasteiger partial charge on any atom is 0.278 e. The number of nitrogens with one attached hydrogen (secondary N) is 1. The van der Waals surface area contributed by atoms with Crippen molar-refractivity contribution in [2.24, 2.45) is 12.8 Å². The minimum Gasteiger partial charge on any atom is -0.382 e. The average molecular weight is 395 g/mol.